The standard InChI is InChI=1S/C18H23N3O3/c1-2-10-24-17(22)21(12-18(8-9-18)16(19)20-23)15-11-14(15)13-6-4-3-5-7-13/h2-7,14-15,23H,1,8-12H2,(H2,19,20)/t14?,15-/m0/s1. The van der Waals surface area contributed by atoms with E-state index in [1.54, 1.807) is 11.0 Å². The minimum atomic E-state index is -0.466. The van der Waals surface area contributed by atoms with Crippen LogP contribution in [-0.4, -0.2) is 41.2 Å². The molecule has 1 unspecified atom stereocenters. The molecule has 3 N–H and O–H groups in total. The van der Waals surface area contributed by atoms with Crippen LogP contribution in [0.25, 0.3) is 0 Å². The summed E-state index contributed by atoms with van der Waals surface area (Å²) in [6, 6.07) is 10.2. The van der Waals surface area contributed by atoms with Gasteiger partial charge in [0.2, 0.25) is 0 Å². The Morgan fingerprint density at radius 1 is 1.46 bits per heavy atom. The first-order valence-electron chi connectivity index (χ1n) is 8.19. The molecule has 3 rings (SSSR count). The number of rotatable bonds is 7. The molecule has 0 aromatic heterocycles. The number of hydrogen-bond acceptors (Lipinski definition) is 4. The minimum absolute atomic E-state index is 0.0703. The van der Waals surface area contributed by atoms with E-state index in [1.165, 1.54) is 5.56 Å². The topological polar surface area (TPSA) is 85.7 Å². The molecular formula is C18H23N3O3. The van der Waals surface area contributed by atoms with Crippen molar-refractivity contribution in [2.75, 3.05) is 13.2 Å². The number of amides is 1. The van der Waals surface area contributed by atoms with Crippen LogP contribution in [0.3, 0.4) is 0 Å². The predicted octanol–water partition coefficient (Wildman–Crippen LogP) is 2.90. The maximum absolute atomic E-state index is 12.5. The van der Waals surface area contributed by atoms with Gasteiger partial charge in [0.25, 0.3) is 0 Å². The fourth-order valence-corrected chi connectivity index (χ4v) is 3.20. The first-order valence-corrected chi connectivity index (χ1v) is 8.19. The smallest absolute Gasteiger partial charge is 0.410 e. The molecular weight excluding hydrogens is 306 g/mol. The second-order valence-electron chi connectivity index (χ2n) is 6.58. The molecule has 2 aliphatic carbocycles. The Bertz CT molecular complexity index is 628. The van der Waals surface area contributed by atoms with Crippen molar-refractivity contribution in [3.05, 3.63) is 48.6 Å². The summed E-state index contributed by atoms with van der Waals surface area (Å²) in [5, 5.41) is 17.0. The fraction of sp³-hybridized carbons (Fsp3) is 0.444. The molecule has 2 fully saturated rings. The second-order valence-corrected chi connectivity index (χ2v) is 6.58. The molecule has 1 aromatic rings. The number of nitrogens with one attached hydrogen (secondary N) is 2. The number of ether oxygens (including phenoxy) is 1. The van der Waals surface area contributed by atoms with Crippen LogP contribution in [0.1, 0.15) is 30.7 Å². The van der Waals surface area contributed by atoms with Crippen LogP contribution in [0.5, 0.6) is 0 Å². The Hall–Kier alpha value is -2.34. The molecule has 2 atom stereocenters. The maximum atomic E-state index is 12.5. The van der Waals surface area contributed by atoms with Crippen LogP contribution in [0.15, 0.2) is 43.0 Å². The molecule has 24 heavy (non-hydrogen) atoms. The van der Waals surface area contributed by atoms with Gasteiger partial charge in [-0.1, -0.05) is 43.0 Å². The zero-order valence-corrected chi connectivity index (χ0v) is 13.6. The third-order valence-corrected chi connectivity index (χ3v) is 4.91. The normalized spacial score (nSPS) is 23.0. The van der Waals surface area contributed by atoms with E-state index in [0.29, 0.717) is 12.5 Å². The summed E-state index contributed by atoms with van der Waals surface area (Å²) < 4.78 is 5.24. The minimum Gasteiger partial charge on any atom is -0.445 e. The lowest BCUT2D eigenvalue weighted by molar-refractivity contribution is 0.102. The number of hydroxylamine groups is 1. The first-order chi connectivity index (χ1) is 11.6. The van der Waals surface area contributed by atoms with E-state index in [2.05, 4.69) is 18.7 Å². The van der Waals surface area contributed by atoms with Crippen molar-refractivity contribution >= 4 is 11.9 Å². The van der Waals surface area contributed by atoms with Crippen molar-refractivity contribution in [1.82, 2.24) is 10.4 Å². The summed E-state index contributed by atoms with van der Waals surface area (Å²) in [6.07, 6.45) is 3.63. The zero-order valence-electron chi connectivity index (χ0n) is 13.6. The zero-order chi connectivity index (χ0) is 17.2. The Balaban J connectivity index is 1.73. The van der Waals surface area contributed by atoms with Crippen LogP contribution >= 0.6 is 0 Å². The molecule has 2 saturated carbocycles. The molecule has 6 nitrogen and oxygen atoms in total. The second kappa shape index (κ2) is 6.65. The van der Waals surface area contributed by atoms with Gasteiger partial charge in [0.1, 0.15) is 12.4 Å². The summed E-state index contributed by atoms with van der Waals surface area (Å²) in [6.45, 7) is 4.13. The summed E-state index contributed by atoms with van der Waals surface area (Å²) in [7, 11) is 0. The van der Waals surface area contributed by atoms with Gasteiger partial charge in [-0.3, -0.25) is 16.1 Å². The highest BCUT2D eigenvalue weighted by atomic mass is 16.6. The number of benzene rings is 1. The van der Waals surface area contributed by atoms with Gasteiger partial charge < -0.3 is 9.64 Å². The van der Waals surface area contributed by atoms with Crippen molar-refractivity contribution < 1.29 is 14.7 Å². The number of carbonyl (C=O) groups is 1. The molecule has 0 heterocycles. The van der Waals surface area contributed by atoms with E-state index >= 15 is 0 Å². The highest BCUT2D eigenvalue weighted by Gasteiger charge is 2.54. The molecule has 0 aliphatic heterocycles. The van der Waals surface area contributed by atoms with Crippen LogP contribution in [0.4, 0.5) is 4.79 Å². The summed E-state index contributed by atoms with van der Waals surface area (Å²) in [4.78, 5) is 14.2. The predicted molar refractivity (Wildman–Crippen MR) is 90.2 cm³/mol. The fourth-order valence-electron chi connectivity index (χ4n) is 3.20. The molecule has 128 valence electrons. The van der Waals surface area contributed by atoms with Gasteiger partial charge in [0, 0.05) is 23.9 Å². The number of amidine groups is 1. The molecule has 6 heteroatoms. The highest BCUT2D eigenvalue weighted by molar-refractivity contribution is 5.87. The molecule has 1 amide bonds. The number of carbonyl (C=O) groups excluding carboxylic acids is 1. The van der Waals surface area contributed by atoms with E-state index in [0.717, 1.165) is 19.3 Å². The van der Waals surface area contributed by atoms with Gasteiger partial charge >= 0.3 is 6.09 Å². The molecule has 2 aliphatic rings. The number of nitrogens with zero attached hydrogens (tertiary/aromatic N) is 1. The molecule has 0 saturated heterocycles. The monoisotopic (exact) mass is 329 g/mol. The Morgan fingerprint density at radius 2 is 2.17 bits per heavy atom. The molecule has 1 aromatic carbocycles. The van der Waals surface area contributed by atoms with Crippen LogP contribution in [0, 0.1) is 10.8 Å². The Morgan fingerprint density at radius 3 is 2.75 bits per heavy atom. The maximum Gasteiger partial charge on any atom is 0.410 e. The lowest BCUT2D eigenvalue weighted by atomic mass is 10.0. The van der Waals surface area contributed by atoms with E-state index in [-0.39, 0.29) is 24.6 Å². The van der Waals surface area contributed by atoms with Gasteiger partial charge in [-0.05, 0) is 24.8 Å². The first kappa shape index (κ1) is 16.5. The van der Waals surface area contributed by atoms with Crippen molar-refractivity contribution in [3.8, 4) is 0 Å². The SMILES string of the molecule is C=CCOC(=O)N(CC1(C(=N)NO)CC1)[C@H]1CC1c1ccccc1. The Kier molecular flexibility index (Phi) is 4.57. The van der Waals surface area contributed by atoms with Crippen molar-refractivity contribution in [2.24, 2.45) is 5.41 Å². The average molecular weight is 329 g/mol. The van der Waals surface area contributed by atoms with E-state index in [1.807, 2.05) is 23.7 Å². The summed E-state index contributed by atoms with van der Waals surface area (Å²) in [5.41, 5.74) is 2.69. The van der Waals surface area contributed by atoms with Crippen molar-refractivity contribution in [2.45, 2.75) is 31.2 Å². The van der Waals surface area contributed by atoms with Crippen LogP contribution < -0.4 is 5.48 Å². The lowest BCUT2D eigenvalue weighted by Gasteiger charge is -2.27. The molecule has 0 radical (unpaired) electrons. The average Bonchev–Trinajstić information content (AvgIpc) is 3.52. The largest absolute Gasteiger partial charge is 0.445 e. The van der Waals surface area contributed by atoms with Crippen LogP contribution in [-0.2, 0) is 4.74 Å². The van der Waals surface area contributed by atoms with Crippen molar-refractivity contribution in [3.63, 3.8) is 0 Å². The van der Waals surface area contributed by atoms with Crippen molar-refractivity contribution in [1.29, 1.82) is 5.41 Å². The summed E-state index contributed by atoms with van der Waals surface area (Å²) in [5.74, 6) is 0.371. The van der Waals surface area contributed by atoms with Gasteiger partial charge in [-0.2, -0.15) is 0 Å². The van der Waals surface area contributed by atoms with E-state index in [4.69, 9.17) is 15.4 Å². The van der Waals surface area contributed by atoms with Gasteiger partial charge in [0.05, 0.1) is 0 Å². The van der Waals surface area contributed by atoms with E-state index in [9.17, 15) is 4.79 Å². The van der Waals surface area contributed by atoms with Gasteiger partial charge in [0.15, 0.2) is 0 Å². The van der Waals surface area contributed by atoms with Gasteiger partial charge in [-0.25, -0.2) is 4.79 Å². The quantitative estimate of drug-likeness (QED) is 0.311. The highest BCUT2D eigenvalue weighted by Crippen LogP contribution is 2.51. The van der Waals surface area contributed by atoms with Crippen LogP contribution in [0.2, 0.25) is 0 Å². The Labute approximate surface area is 141 Å². The van der Waals surface area contributed by atoms with E-state index < -0.39 is 5.41 Å². The summed E-state index contributed by atoms with van der Waals surface area (Å²) >= 11 is 0. The van der Waals surface area contributed by atoms with Gasteiger partial charge in [-0.15, -0.1) is 0 Å². The number of hydrogen-bond donors (Lipinski definition) is 3. The third-order valence-electron chi connectivity index (χ3n) is 4.91. The molecule has 0 bridgehead atoms. The molecule has 0 spiro atoms. The third kappa shape index (κ3) is 3.28. The lowest BCUT2D eigenvalue weighted by Crippen LogP contribution is -2.43.